The first kappa shape index (κ1) is 21.2. The molecule has 2 rings (SSSR count). The Kier molecular flexibility index (Phi) is 9.10. The van der Waals surface area contributed by atoms with Gasteiger partial charge in [-0.1, -0.05) is 0 Å². The summed E-state index contributed by atoms with van der Waals surface area (Å²) in [5.41, 5.74) is 0.530. The number of likely N-dealkylation sites (tertiary alicyclic amines) is 1. The van der Waals surface area contributed by atoms with Crippen molar-refractivity contribution in [3.8, 4) is 0 Å². The highest BCUT2D eigenvalue weighted by Crippen LogP contribution is 2.20. The molecule has 0 radical (unpaired) electrons. The van der Waals surface area contributed by atoms with E-state index in [4.69, 9.17) is 0 Å². The molecule has 1 aromatic heterocycles. The van der Waals surface area contributed by atoms with Crippen LogP contribution in [0.5, 0.6) is 0 Å². The van der Waals surface area contributed by atoms with Crippen LogP contribution in [-0.2, 0) is 9.53 Å². The van der Waals surface area contributed by atoms with Gasteiger partial charge in [-0.2, -0.15) is 11.8 Å². The zero-order chi connectivity index (χ0) is 19.5. The maximum Gasteiger partial charge on any atom is 0.406 e. The topological polar surface area (TPSA) is 88.6 Å². The molecule has 0 bridgehead atoms. The van der Waals surface area contributed by atoms with Crippen LogP contribution >= 0.6 is 11.8 Å². The number of nitrogens with zero attached hydrogens (tertiary/aromatic N) is 2. The average molecular weight is 394 g/mol. The number of nitrogens with one attached hydrogen (secondary N) is 1. The minimum atomic E-state index is -0.473. The van der Waals surface area contributed by atoms with Crippen molar-refractivity contribution in [3.05, 3.63) is 30.1 Å². The highest BCUT2D eigenvalue weighted by atomic mass is 32.2. The van der Waals surface area contributed by atoms with Gasteiger partial charge in [-0.3, -0.25) is 14.6 Å². The summed E-state index contributed by atoms with van der Waals surface area (Å²) in [7, 11) is 1.32. The largest absolute Gasteiger partial charge is 0.453 e. The molecule has 1 N–H and O–H groups in total. The van der Waals surface area contributed by atoms with Crippen molar-refractivity contribution >= 4 is 29.5 Å². The second-order valence-corrected chi connectivity index (χ2v) is 7.59. The third-order valence-electron chi connectivity index (χ3n) is 4.47. The Labute approximate surface area is 164 Å². The fraction of sp³-hybridized carbons (Fsp3) is 0.579. The Morgan fingerprint density at radius 2 is 2.07 bits per heavy atom. The van der Waals surface area contributed by atoms with E-state index in [1.54, 1.807) is 36.3 Å². The lowest BCUT2D eigenvalue weighted by Crippen LogP contribution is -2.38. The number of hydrogen-bond donors (Lipinski definition) is 1. The van der Waals surface area contributed by atoms with Crippen molar-refractivity contribution in [3.63, 3.8) is 0 Å². The number of methoxy groups -OCH3 is 1. The zero-order valence-corrected chi connectivity index (χ0v) is 16.5. The molecule has 27 heavy (non-hydrogen) atoms. The minimum absolute atomic E-state index is 0.0465. The van der Waals surface area contributed by atoms with Crippen LogP contribution in [0.15, 0.2) is 24.5 Å². The summed E-state index contributed by atoms with van der Waals surface area (Å²) in [6, 6.07) is 3.46. The van der Waals surface area contributed by atoms with Gasteiger partial charge in [-0.05, 0) is 31.4 Å². The molecule has 1 atom stereocenters. The molecule has 1 aliphatic heterocycles. The van der Waals surface area contributed by atoms with Crippen molar-refractivity contribution in [2.24, 2.45) is 5.92 Å². The molecule has 0 spiro atoms. The Balaban J connectivity index is 1.92. The van der Waals surface area contributed by atoms with Gasteiger partial charge >= 0.3 is 6.09 Å². The molecule has 0 aromatic carbocycles. The lowest BCUT2D eigenvalue weighted by molar-refractivity contribution is -0.132. The normalized spacial score (nSPS) is 15.1. The van der Waals surface area contributed by atoms with E-state index in [0.717, 1.165) is 32.4 Å². The van der Waals surface area contributed by atoms with Crippen LogP contribution in [0.4, 0.5) is 4.79 Å². The Hall–Kier alpha value is -2.09. The van der Waals surface area contributed by atoms with Crippen LogP contribution in [0.2, 0.25) is 0 Å². The SMILES string of the molecule is COC(=O)NCCSCC(CC(=O)N1CCCCC1)C(=O)c1cccnc1. The average Bonchev–Trinajstić information content (AvgIpc) is 2.73. The van der Waals surface area contributed by atoms with Gasteiger partial charge in [0.2, 0.25) is 5.91 Å². The second-order valence-electron chi connectivity index (χ2n) is 6.44. The summed E-state index contributed by atoms with van der Waals surface area (Å²) in [4.78, 5) is 42.5. The van der Waals surface area contributed by atoms with E-state index in [-0.39, 0.29) is 18.1 Å². The van der Waals surface area contributed by atoms with Crippen molar-refractivity contribution in [1.82, 2.24) is 15.2 Å². The predicted molar refractivity (Wildman–Crippen MR) is 105 cm³/mol. The van der Waals surface area contributed by atoms with E-state index in [1.807, 2.05) is 4.90 Å². The standard InChI is InChI=1S/C19H27N3O4S/c1-26-19(25)21-8-11-27-14-16(18(24)15-6-5-7-20-13-15)12-17(23)22-9-3-2-4-10-22/h5-7,13,16H,2-4,8-12,14H2,1H3,(H,21,25). The first-order valence-corrected chi connectivity index (χ1v) is 10.4. The smallest absolute Gasteiger partial charge is 0.406 e. The number of rotatable bonds is 9. The van der Waals surface area contributed by atoms with E-state index < -0.39 is 12.0 Å². The van der Waals surface area contributed by atoms with Gasteiger partial charge < -0.3 is 15.0 Å². The molecule has 1 fully saturated rings. The molecule has 1 aliphatic rings. The zero-order valence-electron chi connectivity index (χ0n) is 15.7. The Bertz CT molecular complexity index is 621. The van der Waals surface area contributed by atoms with Gasteiger partial charge in [0.25, 0.3) is 0 Å². The Morgan fingerprint density at radius 3 is 2.74 bits per heavy atom. The highest BCUT2D eigenvalue weighted by molar-refractivity contribution is 7.99. The molecule has 1 aromatic rings. The molecular weight excluding hydrogens is 366 g/mol. The van der Waals surface area contributed by atoms with E-state index in [9.17, 15) is 14.4 Å². The number of carbonyl (C=O) groups is 3. The van der Waals surface area contributed by atoms with Crippen molar-refractivity contribution in [1.29, 1.82) is 0 Å². The number of alkyl carbamates (subject to hydrolysis) is 1. The van der Waals surface area contributed by atoms with E-state index >= 15 is 0 Å². The van der Waals surface area contributed by atoms with E-state index in [1.165, 1.54) is 7.11 Å². The quantitative estimate of drug-likeness (QED) is 0.512. The number of ether oxygens (including phenoxy) is 1. The predicted octanol–water partition coefficient (Wildman–Crippen LogP) is 2.37. The van der Waals surface area contributed by atoms with E-state index in [2.05, 4.69) is 15.0 Å². The van der Waals surface area contributed by atoms with Gasteiger partial charge in [-0.15, -0.1) is 0 Å². The molecule has 0 saturated carbocycles. The fourth-order valence-electron chi connectivity index (χ4n) is 2.98. The number of piperidine rings is 1. The minimum Gasteiger partial charge on any atom is -0.453 e. The molecular formula is C19H27N3O4S. The van der Waals surface area contributed by atoms with Gasteiger partial charge in [0, 0.05) is 61.4 Å². The van der Waals surface area contributed by atoms with Gasteiger partial charge in [0.05, 0.1) is 7.11 Å². The lowest BCUT2D eigenvalue weighted by Gasteiger charge is -2.28. The number of hydrogen-bond acceptors (Lipinski definition) is 6. The summed E-state index contributed by atoms with van der Waals surface area (Å²) in [6.45, 7) is 2.01. The van der Waals surface area contributed by atoms with Gasteiger partial charge in [0.15, 0.2) is 5.78 Å². The number of amides is 2. The summed E-state index contributed by atoms with van der Waals surface area (Å²) >= 11 is 1.54. The molecule has 2 heterocycles. The maximum absolute atomic E-state index is 12.9. The van der Waals surface area contributed by atoms with E-state index in [0.29, 0.717) is 23.6 Å². The van der Waals surface area contributed by atoms with Crippen LogP contribution in [-0.4, -0.2) is 65.9 Å². The lowest BCUT2D eigenvalue weighted by atomic mass is 9.96. The Morgan fingerprint density at radius 1 is 1.30 bits per heavy atom. The van der Waals surface area contributed by atoms with Crippen molar-refractivity contribution in [2.45, 2.75) is 25.7 Å². The first-order chi connectivity index (χ1) is 13.1. The van der Waals surface area contributed by atoms with Crippen LogP contribution in [0.3, 0.4) is 0 Å². The van der Waals surface area contributed by atoms with Crippen LogP contribution in [0.25, 0.3) is 0 Å². The van der Waals surface area contributed by atoms with Crippen LogP contribution in [0.1, 0.15) is 36.0 Å². The summed E-state index contributed by atoms with van der Waals surface area (Å²) in [6.07, 6.45) is 6.12. The van der Waals surface area contributed by atoms with Crippen LogP contribution in [0, 0.1) is 5.92 Å². The van der Waals surface area contributed by atoms with Crippen molar-refractivity contribution < 1.29 is 19.1 Å². The van der Waals surface area contributed by atoms with Gasteiger partial charge in [-0.25, -0.2) is 4.79 Å². The molecule has 8 heteroatoms. The summed E-state index contributed by atoms with van der Waals surface area (Å²) in [5, 5.41) is 2.61. The monoisotopic (exact) mass is 393 g/mol. The summed E-state index contributed by atoms with van der Waals surface area (Å²) < 4.78 is 4.52. The molecule has 148 valence electrons. The summed E-state index contributed by atoms with van der Waals surface area (Å²) in [5.74, 6) is 0.763. The third-order valence-corrected chi connectivity index (χ3v) is 5.60. The molecule has 1 unspecified atom stereocenters. The van der Waals surface area contributed by atoms with Crippen molar-refractivity contribution in [2.75, 3.05) is 38.2 Å². The fourth-order valence-corrected chi connectivity index (χ4v) is 3.94. The number of Topliss-reactive ketones (excluding diaryl/α,β-unsaturated/α-hetero) is 1. The number of ketones is 1. The third kappa shape index (κ3) is 7.21. The first-order valence-electron chi connectivity index (χ1n) is 9.23. The number of pyridine rings is 1. The number of carbonyl (C=O) groups excluding carboxylic acids is 3. The van der Waals surface area contributed by atoms with Crippen LogP contribution < -0.4 is 5.32 Å². The molecule has 2 amide bonds. The second kappa shape index (κ2) is 11.6. The number of thioether (sulfide) groups is 1. The molecule has 0 aliphatic carbocycles. The molecule has 1 saturated heterocycles. The highest BCUT2D eigenvalue weighted by Gasteiger charge is 2.26. The maximum atomic E-state index is 12.9. The number of aromatic nitrogens is 1. The van der Waals surface area contributed by atoms with Gasteiger partial charge in [0.1, 0.15) is 0 Å². The molecule has 7 nitrogen and oxygen atoms in total.